The summed E-state index contributed by atoms with van der Waals surface area (Å²) in [4.78, 5) is 59.1. The van der Waals surface area contributed by atoms with Crippen LogP contribution in [0.15, 0.2) is 243 Å². The number of aromatic carboxylic acids is 4. The van der Waals surface area contributed by atoms with E-state index < -0.39 is 23.9 Å². The van der Waals surface area contributed by atoms with Crippen molar-refractivity contribution in [1.29, 1.82) is 0 Å². The third-order valence-corrected chi connectivity index (χ3v) is 11.5. The number of carbonyl (C=O) groups is 4. The number of pyridine rings is 4. The first-order valence-corrected chi connectivity index (χ1v) is 24.0. The fraction of sp³-hybridized carbons (Fsp3) is 0. The minimum absolute atomic E-state index is 0. The van der Waals surface area contributed by atoms with Crippen LogP contribution in [-0.4, -0.2) is 64.2 Å². The summed E-state index contributed by atoms with van der Waals surface area (Å²) >= 11 is 0. The molecule has 4 aromatic heterocycles. The molecule has 0 saturated carbocycles. The Labute approximate surface area is 494 Å². The zero-order chi connectivity index (χ0) is 57.0. The van der Waals surface area contributed by atoms with Crippen molar-refractivity contribution in [3.8, 4) is 45.8 Å². The summed E-state index contributed by atoms with van der Waals surface area (Å²) in [7, 11) is 0. The summed E-state index contributed by atoms with van der Waals surface area (Å²) in [6.45, 7) is 0. The van der Waals surface area contributed by atoms with Gasteiger partial charge in [0.1, 0.15) is 23.0 Å². The number of fused-ring (bicyclic) bond motifs is 4. The molecule has 0 radical (unpaired) electrons. The molecule has 12 rings (SSSR count). The maximum absolute atomic E-state index is 10.6. The number of carbonyl (C=O) groups excluding carboxylic acids is 4. The fourth-order valence-electron chi connectivity index (χ4n) is 7.62. The van der Waals surface area contributed by atoms with E-state index in [1.165, 1.54) is 48.5 Å². The fourth-order valence-corrected chi connectivity index (χ4v) is 7.62. The number of hydrogen-bond acceptors (Lipinski definition) is 16. The van der Waals surface area contributed by atoms with Gasteiger partial charge in [-0.25, -0.2) is 0 Å². The first-order valence-electron chi connectivity index (χ1n) is 24.0. The monoisotopic (exact) mass is 1190 g/mol. The average Bonchev–Trinajstić information content (AvgIpc) is 3.58. The van der Waals surface area contributed by atoms with Crippen molar-refractivity contribution < 1.29 is 99.0 Å². The van der Waals surface area contributed by atoms with Gasteiger partial charge in [0.05, 0.1) is 46.7 Å². The molecule has 0 fully saturated rings. The van der Waals surface area contributed by atoms with Crippen LogP contribution in [0.1, 0.15) is 41.4 Å². The Morgan fingerprint density at radius 2 is 0.415 bits per heavy atom. The van der Waals surface area contributed by atoms with Crippen molar-refractivity contribution in [2.45, 2.75) is 0 Å². The van der Waals surface area contributed by atoms with Crippen LogP contribution in [0.3, 0.4) is 0 Å². The molecular formula is C64H44N4O12Zn2. The van der Waals surface area contributed by atoms with Crippen LogP contribution in [0.2, 0.25) is 0 Å². The summed E-state index contributed by atoms with van der Waals surface area (Å²) < 4.78 is 0. The second-order valence-electron chi connectivity index (χ2n) is 16.9. The molecular weight excluding hydrogens is 1150 g/mol. The SMILES string of the molecule is O=C([O-])c1cc2ccccc2cc1O.O=C([O-])c1cc2ccccc2cc1O.O=C([O-])c1cc2ccccc2cc1O.O=C([O-])c1cc2ccccc2cc1O.[Zn+2].[Zn+2].c1ccc(-c2ccccn2)nc1.c1ccc(-c2ccccn2)nc1. The largest absolute Gasteiger partial charge is 2.00 e. The zero-order valence-electron chi connectivity index (χ0n) is 43.4. The quantitative estimate of drug-likeness (QED) is 0.115. The topological polar surface area (TPSA) is 293 Å². The maximum atomic E-state index is 10.6. The van der Waals surface area contributed by atoms with Gasteiger partial charge in [-0.15, -0.1) is 0 Å². The van der Waals surface area contributed by atoms with E-state index in [1.807, 2.05) is 97.1 Å². The number of benzene rings is 8. The van der Waals surface area contributed by atoms with E-state index in [2.05, 4.69) is 19.9 Å². The number of aromatic hydroxyl groups is 4. The predicted octanol–water partition coefficient (Wildman–Crippen LogP) is 7.92. The van der Waals surface area contributed by atoms with Gasteiger partial charge in [-0.2, -0.15) is 0 Å². The number of rotatable bonds is 6. The Morgan fingerprint density at radius 3 is 0.561 bits per heavy atom. The van der Waals surface area contributed by atoms with Crippen LogP contribution in [0.4, 0.5) is 0 Å². The first kappa shape index (κ1) is 62.6. The van der Waals surface area contributed by atoms with E-state index in [-0.39, 0.29) is 84.2 Å². The molecule has 0 aliphatic heterocycles. The van der Waals surface area contributed by atoms with Gasteiger partial charge in [-0.3, -0.25) is 19.9 Å². The Bertz CT molecular complexity index is 3560. The van der Waals surface area contributed by atoms with Gasteiger partial charge in [0, 0.05) is 47.0 Å². The molecule has 16 nitrogen and oxygen atoms in total. The minimum Gasteiger partial charge on any atom is -0.545 e. The Kier molecular flexibility index (Phi) is 23.5. The molecule has 396 valence electrons. The number of carboxylic acid groups (broad SMARTS) is 4. The number of phenols is 4. The van der Waals surface area contributed by atoms with E-state index >= 15 is 0 Å². The number of nitrogens with zero attached hydrogens (tertiary/aromatic N) is 4. The number of aromatic nitrogens is 4. The van der Waals surface area contributed by atoms with Gasteiger partial charge in [-0.1, -0.05) is 121 Å². The van der Waals surface area contributed by atoms with E-state index in [0.717, 1.165) is 65.9 Å². The van der Waals surface area contributed by atoms with Crippen molar-refractivity contribution in [3.05, 3.63) is 265 Å². The van der Waals surface area contributed by atoms with Crippen LogP contribution in [0, 0.1) is 0 Å². The molecule has 0 unspecified atom stereocenters. The van der Waals surface area contributed by atoms with Crippen LogP contribution >= 0.6 is 0 Å². The molecule has 12 aromatic rings. The minimum atomic E-state index is -1.37. The zero-order valence-corrected chi connectivity index (χ0v) is 49.3. The van der Waals surface area contributed by atoms with E-state index in [9.17, 15) is 60.0 Å². The standard InChI is InChI=1S/4C11H8O3.2C10H8N2.2Zn/c4*12-10-6-8-4-2-1-3-7(8)5-9(10)11(13)14;2*1-3-7-11-9(5-1)10-6-2-4-8-12-10;;/h4*1-6,12H,(H,13,14);2*1-8H;;/q;;;;;;2*+2/p-4. The third kappa shape index (κ3) is 17.4. The van der Waals surface area contributed by atoms with Gasteiger partial charge in [0.15, 0.2) is 0 Å². The molecule has 4 N–H and O–H groups in total. The summed E-state index contributed by atoms with van der Waals surface area (Å²) in [5.41, 5.74) is 2.95. The smallest absolute Gasteiger partial charge is 0.545 e. The van der Waals surface area contributed by atoms with Crippen LogP contribution in [0.5, 0.6) is 23.0 Å². The van der Waals surface area contributed by atoms with Crippen molar-refractivity contribution >= 4 is 67.0 Å². The Balaban J connectivity index is 0.000000180. The Morgan fingerprint density at radius 1 is 0.256 bits per heavy atom. The van der Waals surface area contributed by atoms with Crippen LogP contribution in [0.25, 0.3) is 65.9 Å². The third-order valence-electron chi connectivity index (χ3n) is 11.5. The van der Waals surface area contributed by atoms with Crippen molar-refractivity contribution in [2.24, 2.45) is 0 Å². The summed E-state index contributed by atoms with van der Waals surface area (Å²) in [5.74, 6) is -6.51. The first-order chi connectivity index (χ1) is 38.7. The van der Waals surface area contributed by atoms with Crippen molar-refractivity contribution in [3.63, 3.8) is 0 Å². The Hall–Kier alpha value is -10.3. The molecule has 4 heterocycles. The molecule has 18 heteroatoms. The van der Waals surface area contributed by atoms with Gasteiger partial charge >= 0.3 is 39.0 Å². The summed E-state index contributed by atoms with van der Waals surface area (Å²) in [6.07, 6.45) is 7.07. The second kappa shape index (κ2) is 30.8. The molecule has 0 bridgehead atoms. The van der Waals surface area contributed by atoms with E-state index in [4.69, 9.17) is 0 Å². The van der Waals surface area contributed by atoms with E-state index in [0.29, 0.717) is 0 Å². The van der Waals surface area contributed by atoms with Gasteiger partial charge in [0.2, 0.25) is 0 Å². The van der Waals surface area contributed by atoms with Crippen molar-refractivity contribution in [2.75, 3.05) is 0 Å². The molecule has 8 aromatic carbocycles. The molecule has 0 aliphatic carbocycles. The average molecular weight is 1190 g/mol. The molecule has 0 saturated heterocycles. The summed E-state index contributed by atoms with van der Waals surface area (Å²) in [5, 5.41) is 86.1. The van der Waals surface area contributed by atoms with Crippen LogP contribution < -0.4 is 20.4 Å². The summed E-state index contributed by atoms with van der Waals surface area (Å²) in [6, 6.07) is 63.3. The predicted molar refractivity (Wildman–Crippen MR) is 295 cm³/mol. The normalized spacial score (nSPS) is 9.85. The van der Waals surface area contributed by atoms with Gasteiger partial charge in [-0.05, 0) is 140 Å². The molecule has 82 heavy (non-hydrogen) atoms. The van der Waals surface area contributed by atoms with E-state index in [1.54, 1.807) is 97.6 Å². The number of hydrogen-bond donors (Lipinski definition) is 4. The molecule has 0 atom stereocenters. The van der Waals surface area contributed by atoms with Gasteiger partial charge < -0.3 is 60.0 Å². The second-order valence-corrected chi connectivity index (χ2v) is 16.9. The molecule has 0 aliphatic rings. The number of carboxylic acids is 4. The maximum Gasteiger partial charge on any atom is 2.00 e. The van der Waals surface area contributed by atoms with Crippen LogP contribution in [-0.2, 0) is 39.0 Å². The van der Waals surface area contributed by atoms with Crippen molar-refractivity contribution in [1.82, 2.24) is 19.9 Å². The van der Waals surface area contributed by atoms with Gasteiger partial charge in [0.25, 0.3) is 0 Å². The molecule has 0 spiro atoms. The molecule has 0 amide bonds.